The van der Waals surface area contributed by atoms with Gasteiger partial charge in [0.05, 0.1) is 6.54 Å². The summed E-state index contributed by atoms with van der Waals surface area (Å²) in [5.74, 6) is 0.312. The minimum absolute atomic E-state index is 0.312. The first-order chi connectivity index (χ1) is 8.74. The Morgan fingerprint density at radius 1 is 1.22 bits per heavy atom. The summed E-state index contributed by atoms with van der Waals surface area (Å²) < 4.78 is 0. The monoisotopic (exact) mass is 244 g/mol. The summed E-state index contributed by atoms with van der Waals surface area (Å²) in [4.78, 5) is 16.5. The van der Waals surface area contributed by atoms with Crippen molar-refractivity contribution in [2.45, 2.75) is 38.4 Å². The van der Waals surface area contributed by atoms with Crippen LogP contribution in [0.4, 0.5) is 0 Å². The Morgan fingerprint density at radius 3 is 2.56 bits per heavy atom. The third kappa shape index (κ3) is 2.41. The highest BCUT2D eigenvalue weighted by Crippen LogP contribution is 2.30. The molecule has 1 atom stereocenters. The fraction of sp³-hybridized carbons (Fsp3) is 0.533. The van der Waals surface area contributed by atoms with Gasteiger partial charge >= 0.3 is 0 Å². The number of carbonyl (C=O) groups is 1. The van der Waals surface area contributed by atoms with Gasteiger partial charge in [0.1, 0.15) is 0 Å². The molecule has 1 saturated heterocycles. The number of piperazine rings is 1. The van der Waals surface area contributed by atoms with Crippen molar-refractivity contribution in [3.05, 3.63) is 35.9 Å². The fourth-order valence-electron chi connectivity index (χ4n) is 2.92. The highest BCUT2D eigenvalue weighted by atomic mass is 16.2. The summed E-state index contributed by atoms with van der Waals surface area (Å²) in [6.45, 7) is 4.63. The van der Waals surface area contributed by atoms with Crippen LogP contribution in [-0.2, 0) is 11.3 Å². The molecule has 0 bridgehead atoms. The van der Waals surface area contributed by atoms with Gasteiger partial charge in [-0.1, -0.05) is 30.3 Å². The number of nitrogens with zero attached hydrogens (tertiary/aromatic N) is 2. The molecule has 18 heavy (non-hydrogen) atoms. The summed E-state index contributed by atoms with van der Waals surface area (Å²) in [5.41, 5.74) is 1.29. The van der Waals surface area contributed by atoms with Crippen LogP contribution < -0.4 is 0 Å². The molecule has 1 aliphatic heterocycles. The predicted molar refractivity (Wildman–Crippen MR) is 71.0 cm³/mol. The zero-order valence-corrected chi connectivity index (χ0v) is 10.9. The van der Waals surface area contributed by atoms with E-state index in [1.54, 1.807) is 0 Å². The number of benzene rings is 1. The number of rotatable bonds is 3. The van der Waals surface area contributed by atoms with E-state index in [0.717, 1.165) is 13.1 Å². The van der Waals surface area contributed by atoms with Crippen molar-refractivity contribution in [3.8, 4) is 0 Å². The van der Waals surface area contributed by atoms with Crippen molar-refractivity contribution < 1.29 is 4.79 Å². The van der Waals surface area contributed by atoms with Crippen LogP contribution in [0.15, 0.2) is 30.3 Å². The van der Waals surface area contributed by atoms with Gasteiger partial charge < -0.3 is 4.90 Å². The zero-order chi connectivity index (χ0) is 12.5. The van der Waals surface area contributed by atoms with Crippen LogP contribution in [0.2, 0.25) is 0 Å². The minimum Gasteiger partial charge on any atom is -0.335 e. The molecular weight excluding hydrogens is 224 g/mol. The molecule has 3 nitrogen and oxygen atoms in total. The van der Waals surface area contributed by atoms with Crippen molar-refractivity contribution in [1.29, 1.82) is 0 Å². The normalized spacial score (nSPS) is 25.5. The van der Waals surface area contributed by atoms with Gasteiger partial charge in [0, 0.05) is 25.2 Å². The van der Waals surface area contributed by atoms with Crippen LogP contribution in [0.3, 0.4) is 0 Å². The maximum absolute atomic E-state index is 12.2. The maximum atomic E-state index is 12.2. The van der Waals surface area contributed by atoms with Gasteiger partial charge in [-0.15, -0.1) is 0 Å². The molecule has 2 fully saturated rings. The first kappa shape index (κ1) is 11.7. The molecule has 1 saturated carbocycles. The Labute approximate surface area is 108 Å². The van der Waals surface area contributed by atoms with Crippen LogP contribution in [0.25, 0.3) is 0 Å². The maximum Gasteiger partial charge on any atom is 0.237 e. The molecule has 1 amide bonds. The first-order valence-electron chi connectivity index (χ1n) is 6.81. The van der Waals surface area contributed by atoms with E-state index in [9.17, 15) is 4.79 Å². The molecule has 0 N–H and O–H groups in total. The second-order valence-corrected chi connectivity index (χ2v) is 5.54. The second-order valence-electron chi connectivity index (χ2n) is 5.54. The zero-order valence-electron chi connectivity index (χ0n) is 10.9. The van der Waals surface area contributed by atoms with Crippen molar-refractivity contribution >= 4 is 5.91 Å². The standard InChI is InChI=1S/C15H20N2O/c1-12-9-16(10-13-5-3-2-4-6-13)11-15(18)17(12)14-7-8-14/h2-6,12,14H,7-11H2,1H3/t12-/m0/s1. The highest BCUT2D eigenvalue weighted by molar-refractivity contribution is 5.80. The summed E-state index contributed by atoms with van der Waals surface area (Å²) in [7, 11) is 0. The molecule has 1 aliphatic carbocycles. The van der Waals surface area contributed by atoms with Gasteiger partial charge in [0.2, 0.25) is 5.91 Å². The Balaban J connectivity index is 1.64. The summed E-state index contributed by atoms with van der Waals surface area (Å²) in [5, 5.41) is 0. The number of hydrogen-bond acceptors (Lipinski definition) is 2. The van der Waals surface area contributed by atoms with E-state index in [4.69, 9.17) is 0 Å². The van der Waals surface area contributed by atoms with Crippen molar-refractivity contribution in [3.63, 3.8) is 0 Å². The molecule has 3 heteroatoms. The third-order valence-corrected chi connectivity index (χ3v) is 3.83. The molecule has 1 aromatic carbocycles. The Bertz CT molecular complexity index is 427. The van der Waals surface area contributed by atoms with Gasteiger partial charge in [-0.25, -0.2) is 0 Å². The highest BCUT2D eigenvalue weighted by Gasteiger charge is 2.39. The molecular formula is C15H20N2O. The van der Waals surface area contributed by atoms with Crippen molar-refractivity contribution in [2.24, 2.45) is 0 Å². The predicted octanol–water partition coefficient (Wildman–Crippen LogP) is 1.88. The van der Waals surface area contributed by atoms with Gasteiger partial charge in [0.25, 0.3) is 0 Å². The number of hydrogen-bond donors (Lipinski definition) is 0. The van der Waals surface area contributed by atoms with Gasteiger partial charge in [0.15, 0.2) is 0 Å². The summed E-state index contributed by atoms with van der Waals surface area (Å²) in [6, 6.07) is 11.3. The number of carbonyl (C=O) groups excluding carboxylic acids is 1. The van der Waals surface area contributed by atoms with Gasteiger partial charge in [-0.2, -0.15) is 0 Å². The number of amides is 1. The molecule has 3 rings (SSSR count). The van der Waals surface area contributed by atoms with E-state index >= 15 is 0 Å². The minimum atomic E-state index is 0.312. The van der Waals surface area contributed by atoms with Crippen LogP contribution in [0.5, 0.6) is 0 Å². The summed E-state index contributed by atoms with van der Waals surface area (Å²) in [6.07, 6.45) is 2.41. The van der Waals surface area contributed by atoms with Gasteiger partial charge in [-0.3, -0.25) is 9.69 Å². The first-order valence-corrected chi connectivity index (χ1v) is 6.81. The topological polar surface area (TPSA) is 23.6 Å². The van der Waals surface area contributed by atoms with E-state index in [2.05, 4.69) is 41.0 Å². The molecule has 0 spiro atoms. The van der Waals surface area contributed by atoms with E-state index < -0.39 is 0 Å². The van der Waals surface area contributed by atoms with Crippen LogP contribution in [0, 0.1) is 0 Å². The lowest BCUT2D eigenvalue weighted by Gasteiger charge is -2.39. The molecule has 1 aromatic rings. The molecule has 96 valence electrons. The summed E-state index contributed by atoms with van der Waals surface area (Å²) >= 11 is 0. The second kappa shape index (κ2) is 4.73. The third-order valence-electron chi connectivity index (χ3n) is 3.83. The van der Waals surface area contributed by atoms with E-state index in [1.807, 2.05) is 6.07 Å². The molecule has 0 unspecified atom stereocenters. The van der Waals surface area contributed by atoms with E-state index in [1.165, 1.54) is 18.4 Å². The smallest absolute Gasteiger partial charge is 0.237 e. The Kier molecular flexibility index (Phi) is 3.08. The Morgan fingerprint density at radius 2 is 1.94 bits per heavy atom. The van der Waals surface area contributed by atoms with Crippen LogP contribution in [0.1, 0.15) is 25.3 Å². The fourth-order valence-corrected chi connectivity index (χ4v) is 2.92. The largest absolute Gasteiger partial charge is 0.335 e. The molecule has 0 aromatic heterocycles. The quantitative estimate of drug-likeness (QED) is 0.810. The molecule has 1 heterocycles. The SMILES string of the molecule is C[C@H]1CN(Cc2ccccc2)CC(=O)N1C1CC1. The lowest BCUT2D eigenvalue weighted by Crippen LogP contribution is -2.55. The van der Waals surface area contributed by atoms with E-state index in [0.29, 0.717) is 24.5 Å². The van der Waals surface area contributed by atoms with Crippen LogP contribution in [-0.4, -0.2) is 40.9 Å². The lowest BCUT2D eigenvalue weighted by atomic mass is 10.1. The Hall–Kier alpha value is -1.35. The van der Waals surface area contributed by atoms with Crippen LogP contribution >= 0.6 is 0 Å². The molecule has 2 aliphatic rings. The average molecular weight is 244 g/mol. The van der Waals surface area contributed by atoms with Crippen molar-refractivity contribution in [1.82, 2.24) is 9.80 Å². The molecule has 0 radical (unpaired) electrons. The van der Waals surface area contributed by atoms with Crippen molar-refractivity contribution in [2.75, 3.05) is 13.1 Å². The van der Waals surface area contributed by atoms with E-state index in [-0.39, 0.29) is 0 Å². The average Bonchev–Trinajstić information content (AvgIpc) is 3.14. The van der Waals surface area contributed by atoms with Gasteiger partial charge in [-0.05, 0) is 25.3 Å². The lowest BCUT2D eigenvalue weighted by molar-refractivity contribution is -0.140.